The molecular formula is C12H13NO. The van der Waals surface area contributed by atoms with E-state index >= 15 is 0 Å². The SMILES string of the molecule is CCc1c(C)[nH]c(=O)c2ccccc12. The first-order chi connectivity index (χ1) is 6.74. The molecule has 0 spiro atoms. The van der Waals surface area contributed by atoms with Gasteiger partial charge in [0.05, 0.1) is 0 Å². The van der Waals surface area contributed by atoms with Gasteiger partial charge in [0.2, 0.25) is 0 Å². The third kappa shape index (κ3) is 1.23. The topological polar surface area (TPSA) is 32.9 Å². The molecule has 2 heteroatoms. The molecule has 0 aliphatic heterocycles. The van der Waals surface area contributed by atoms with Gasteiger partial charge in [-0.05, 0) is 30.4 Å². The van der Waals surface area contributed by atoms with E-state index < -0.39 is 0 Å². The number of aromatic nitrogens is 1. The lowest BCUT2D eigenvalue weighted by Crippen LogP contribution is -2.10. The van der Waals surface area contributed by atoms with Crippen LogP contribution in [0.15, 0.2) is 29.1 Å². The van der Waals surface area contributed by atoms with E-state index in [-0.39, 0.29) is 5.56 Å². The van der Waals surface area contributed by atoms with Crippen molar-refractivity contribution >= 4 is 10.8 Å². The van der Waals surface area contributed by atoms with E-state index in [2.05, 4.69) is 11.9 Å². The largest absolute Gasteiger partial charge is 0.326 e. The fourth-order valence-corrected chi connectivity index (χ4v) is 1.91. The van der Waals surface area contributed by atoms with Crippen molar-refractivity contribution in [2.24, 2.45) is 0 Å². The van der Waals surface area contributed by atoms with Crippen LogP contribution in [-0.2, 0) is 6.42 Å². The molecule has 2 rings (SSSR count). The molecule has 0 aliphatic rings. The predicted molar refractivity (Wildman–Crippen MR) is 58.7 cm³/mol. The van der Waals surface area contributed by atoms with Gasteiger partial charge in [-0.2, -0.15) is 0 Å². The highest BCUT2D eigenvalue weighted by Crippen LogP contribution is 2.17. The Labute approximate surface area is 82.6 Å². The third-order valence-corrected chi connectivity index (χ3v) is 2.60. The highest BCUT2D eigenvalue weighted by Gasteiger charge is 2.05. The number of hydrogen-bond donors (Lipinski definition) is 1. The van der Waals surface area contributed by atoms with Crippen LogP contribution in [-0.4, -0.2) is 4.98 Å². The summed E-state index contributed by atoms with van der Waals surface area (Å²) in [6, 6.07) is 7.75. The number of aryl methyl sites for hydroxylation is 2. The number of nitrogens with one attached hydrogen (secondary N) is 1. The van der Waals surface area contributed by atoms with Crippen molar-refractivity contribution in [1.29, 1.82) is 0 Å². The van der Waals surface area contributed by atoms with Crippen molar-refractivity contribution in [3.05, 3.63) is 45.9 Å². The molecule has 0 unspecified atom stereocenters. The summed E-state index contributed by atoms with van der Waals surface area (Å²) in [7, 11) is 0. The van der Waals surface area contributed by atoms with E-state index in [9.17, 15) is 4.79 Å². The molecule has 0 amide bonds. The number of aromatic amines is 1. The predicted octanol–water partition coefficient (Wildman–Crippen LogP) is 2.40. The summed E-state index contributed by atoms with van der Waals surface area (Å²) < 4.78 is 0. The van der Waals surface area contributed by atoms with Crippen LogP contribution in [0, 0.1) is 6.92 Å². The number of benzene rings is 1. The van der Waals surface area contributed by atoms with Crippen LogP contribution < -0.4 is 5.56 Å². The van der Waals surface area contributed by atoms with Gasteiger partial charge in [-0.25, -0.2) is 0 Å². The van der Waals surface area contributed by atoms with Gasteiger partial charge in [0.15, 0.2) is 0 Å². The first-order valence-corrected chi connectivity index (χ1v) is 4.84. The average molecular weight is 187 g/mol. The molecule has 0 fully saturated rings. The lowest BCUT2D eigenvalue weighted by atomic mass is 10.0. The maximum absolute atomic E-state index is 11.6. The number of rotatable bonds is 1. The molecule has 0 aliphatic carbocycles. The standard InChI is InChI=1S/C12H13NO/c1-3-9-8(2)13-12(14)11-7-5-4-6-10(9)11/h4-7H,3H2,1-2H3,(H,13,14). The van der Waals surface area contributed by atoms with E-state index in [1.807, 2.05) is 31.2 Å². The minimum Gasteiger partial charge on any atom is -0.326 e. The van der Waals surface area contributed by atoms with Crippen molar-refractivity contribution in [3.8, 4) is 0 Å². The highest BCUT2D eigenvalue weighted by atomic mass is 16.1. The Bertz CT molecular complexity index is 525. The fourth-order valence-electron chi connectivity index (χ4n) is 1.91. The molecule has 0 bridgehead atoms. The van der Waals surface area contributed by atoms with Crippen molar-refractivity contribution < 1.29 is 0 Å². The molecule has 1 heterocycles. The van der Waals surface area contributed by atoms with Gasteiger partial charge in [-0.1, -0.05) is 25.1 Å². The number of pyridine rings is 1. The Balaban J connectivity index is 2.98. The normalized spacial score (nSPS) is 10.7. The van der Waals surface area contributed by atoms with Gasteiger partial charge in [-0.15, -0.1) is 0 Å². The molecule has 72 valence electrons. The Morgan fingerprint density at radius 1 is 1.21 bits per heavy atom. The monoisotopic (exact) mass is 187 g/mol. The molecule has 1 N–H and O–H groups in total. The van der Waals surface area contributed by atoms with Gasteiger partial charge >= 0.3 is 0 Å². The summed E-state index contributed by atoms with van der Waals surface area (Å²) >= 11 is 0. The molecule has 0 radical (unpaired) electrons. The summed E-state index contributed by atoms with van der Waals surface area (Å²) in [5, 5.41) is 1.87. The highest BCUT2D eigenvalue weighted by molar-refractivity contribution is 5.85. The van der Waals surface area contributed by atoms with Crippen molar-refractivity contribution in [1.82, 2.24) is 4.98 Å². The van der Waals surface area contributed by atoms with Crippen LogP contribution >= 0.6 is 0 Å². The molecule has 0 atom stereocenters. The van der Waals surface area contributed by atoms with Crippen molar-refractivity contribution in [2.75, 3.05) is 0 Å². The van der Waals surface area contributed by atoms with Gasteiger partial charge in [0.25, 0.3) is 5.56 Å². The molecule has 2 nitrogen and oxygen atoms in total. The van der Waals surface area contributed by atoms with Crippen LogP contribution in [0.25, 0.3) is 10.8 Å². The minimum atomic E-state index is 0.00954. The Morgan fingerprint density at radius 2 is 1.86 bits per heavy atom. The van der Waals surface area contributed by atoms with Crippen LogP contribution in [0.3, 0.4) is 0 Å². The summed E-state index contributed by atoms with van der Waals surface area (Å²) in [4.78, 5) is 14.5. The Morgan fingerprint density at radius 3 is 2.50 bits per heavy atom. The smallest absolute Gasteiger partial charge is 0.256 e. The van der Waals surface area contributed by atoms with Gasteiger partial charge in [-0.3, -0.25) is 4.79 Å². The minimum absolute atomic E-state index is 0.00954. The van der Waals surface area contributed by atoms with E-state index in [0.29, 0.717) is 0 Å². The summed E-state index contributed by atoms with van der Waals surface area (Å²) in [6.07, 6.45) is 0.948. The molecule has 14 heavy (non-hydrogen) atoms. The lowest BCUT2D eigenvalue weighted by molar-refractivity contribution is 1.05. The molecule has 1 aromatic carbocycles. The van der Waals surface area contributed by atoms with Gasteiger partial charge in [0, 0.05) is 11.1 Å². The van der Waals surface area contributed by atoms with E-state index in [4.69, 9.17) is 0 Å². The van der Waals surface area contributed by atoms with E-state index in [0.717, 1.165) is 22.9 Å². The molecule has 0 saturated heterocycles. The molecule has 1 aromatic heterocycles. The molecule has 2 aromatic rings. The zero-order chi connectivity index (χ0) is 10.1. The van der Waals surface area contributed by atoms with Crippen LogP contribution in [0.4, 0.5) is 0 Å². The first-order valence-electron chi connectivity index (χ1n) is 4.84. The first kappa shape index (κ1) is 9.00. The second-order valence-electron chi connectivity index (χ2n) is 3.46. The Hall–Kier alpha value is -1.57. The fraction of sp³-hybridized carbons (Fsp3) is 0.250. The van der Waals surface area contributed by atoms with Crippen LogP contribution in [0.5, 0.6) is 0 Å². The maximum atomic E-state index is 11.6. The quantitative estimate of drug-likeness (QED) is 0.730. The van der Waals surface area contributed by atoms with Crippen molar-refractivity contribution in [2.45, 2.75) is 20.3 Å². The van der Waals surface area contributed by atoms with Crippen molar-refractivity contribution in [3.63, 3.8) is 0 Å². The molecule has 0 saturated carbocycles. The maximum Gasteiger partial charge on any atom is 0.256 e. The zero-order valence-corrected chi connectivity index (χ0v) is 8.42. The Kier molecular flexibility index (Phi) is 2.12. The summed E-state index contributed by atoms with van der Waals surface area (Å²) in [5.74, 6) is 0. The zero-order valence-electron chi connectivity index (χ0n) is 8.42. The van der Waals surface area contributed by atoms with E-state index in [1.54, 1.807) is 0 Å². The molecular weight excluding hydrogens is 174 g/mol. The van der Waals surface area contributed by atoms with E-state index in [1.165, 1.54) is 5.56 Å². The second-order valence-corrected chi connectivity index (χ2v) is 3.46. The number of fused-ring (bicyclic) bond motifs is 1. The average Bonchev–Trinajstić information content (AvgIpc) is 2.18. The lowest BCUT2D eigenvalue weighted by Gasteiger charge is -2.06. The number of H-pyrrole nitrogens is 1. The van der Waals surface area contributed by atoms with Gasteiger partial charge in [0.1, 0.15) is 0 Å². The van der Waals surface area contributed by atoms with Gasteiger partial charge < -0.3 is 4.98 Å². The third-order valence-electron chi connectivity index (χ3n) is 2.60. The number of hydrogen-bond acceptors (Lipinski definition) is 1. The second kappa shape index (κ2) is 3.29. The summed E-state index contributed by atoms with van der Waals surface area (Å²) in [5.41, 5.74) is 2.23. The van der Waals surface area contributed by atoms with Crippen LogP contribution in [0.1, 0.15) is 18.2 Å². The summed E-state index contributed by atoms with van der Waals surface area (Å²) in [6.45, 7) is 4.06. The van der Waals surface area contributed by atoms with Crippen LogP contribution in [0.2, 0.25) is 0 Å².